The Morgan fingerprint density at radius 3 is 2.55 bits per heavy atom. The van der Waals surface area contributed by atoms with Crippen LogP contribution in [0.15, 0.2) is 0 Å². The zero-order chi connectivity index (χ0) is 8.69. The number of carbonyl (C=O) groups excluding carboxylic acids is 1. The number of rotatable bonds is 1. The van der Waals surface area contributed by atoms with E-state index in [9.17, 15) is 4.79 Å². The van der Waals surface area contributed by atoms with Crippen molar-refractivity contribution in [3.05, 3.63) is 0 Å². The molecule has 1 N–H and O–H groups in total. The molecule has 0 saturated carbocycles. The first-order chi connectivity index (χ1) is 5.34. The molecule has 0 aliphatic carbocycles. The Morgan fingerprint density at radius 2 is 2.18 bits per heavy atom. The quantitative estimate of drug-likeness (QED) is 0.656. The summed E-state index contributed by atoms with van der Waals surface area (Å²) >= 11 is 1.76. The van der Waals surface area contributed by atoms with Crippen LogP contribution in [0.3, 0.4) is 0 Å². The third kappa shape index (κ3) is 3.65. The SMILES string of the molecule is CC.CNC(=O)C1CCCS1. The lowest BCUT2D eigenvalue weighted by molar-refractivity contribution is -0.120. The molecule has 0 bridgehead atoms. The molecule has 2 nitrogen and oxygen atoms in total. The molecule has 0 aromatic rings. The fourth-order valence-electron chi connectivity index (χ4n) is 0.945. The standard InChI is InChI=1S/C6H11NOS.C2H6/c1-7-6(8)5-3-2-4-9-5;1-2/h5H,2-4H2,1H3,(H,7,8);1-2H3. The second-order valence-corrected chi connectivity index (χ2v) is 3.43. The molecule has 1 rings (SSSR count). The first kappa shape index (κ1) is 10.8. The van der Waals surface area contributed by atoms with Gasteiger partial charge < -0.3 is 5.32 Å². The van der Waals surface area contributed by atoms with Gasteiger partial charge in [-0.1, -0.05) is 13.8 Å². The van der Waals surface area contributed by atoms with E-state index in [1.54, 1.807) is 18.8 Å². The molecule has 1 fully saturated rings. The van der Waals surface area contributed by atoms with Gasteiger partial charge in [0, 0.05) is 7.05 Å². The molecule has 1 aliphatic rings. The largest absolute Gasteiger partial charge is 0.358 e. The van der Waals surface area contributed by atoms with Crippen LogP contribution in [0.2, 0.25) is 0 Å². The number of nitrogens with one attached hydrogen (secondary N) is 1. The normalized spacial score (nSPS) is 21.9. The van der Waals surface area contributed by atoms with Crippen LogP contribution in [-0.4, -0.2) is 24.0 Å². The molecule has 0 radical (unpaired) electrons. The Morgan fingerprint density at radius 1 is 1.55 bits per heavy atom. The highest BCUT2D eigenvalue weighted by Gasteiger charge is 2.21. The van der Waals surface area contributed by atoms with Crippen molar-refractivity contribution in [2.75, 3.05) is 12.8 Å². The second kappa shape index (κ2) is 6.53. The van der Waals surface area contributed by atoms with E-state index in [0.29, 0.717) is 0 Å². The van der Waals surface area contributed by atoms with Crippen molar-refractivity contribution < 1.29 is 4.79 Å². The molecule has 66 valence electrons. The van der Waals surface area contributed by atoms with Crippen molar-refractivity contribution in [2.24, 2.45) is 0 Å². The topological polar surface area (TPSA) is 29.1 Å². The van der Waals surface area contributed by atoms with Crippen molar-refractivity contribution in [2.45, 2.75) is 31.9 Å². The van der Waals surface area contributed by atoms with Crippen molar-refractivity contribution in [3.63, 3.8) is 0 Å². The highest BCUT2D eigenvalue weighted by Crippen LogP contribution is 2.25. The van der Waals surface area contributed by atoms with Gasteiger partial charge in [-0.15, -0.1) is 11.8 Å². The Hall–Kier alpha value is -0.180. The smallest absolute Gasteiger partial charge is 0.232 e. The van der Waals surface area contributed by atoms with Gasteiger partial charge in [-0.05, 0) is 18.6 Å². The minimum absolute atomic E-state index is 0.192. The van der Waals surface area contributed by atoms with Gasteiger partial charge in [-0.25, -0.2) is 0 Å². The summed E-state index contributed by atoms with van der Waals surface area (Å²) in [5, 5.41) is 2.89. The Balaban J connectivity index is 0.000000461. The third-order valence-electron chi connectivity index (χ3n) is 1.47. The molecule has 11 heavy (non-hydrogen) atoms. The second-order valence-electron chi connectivity index (χ2n) is 2.12. The van der Waals surface area contributed by atoms with Crippen LogP contribution in [0.4, 0.5) is 0 Å². The minimum Gasteiger partial charge on any atom is -0.358 e. The maximum absolute atomic E-state index is 10.9. The van der Waals surface area contributed by atoms with E-state index < -0.39 is 0 Å². The molecule has 1 aliphatic heterocycles. The Labute approximate surface area is 73.1 Å². The van der Waals surface area contributed by atoms with Gasteiger partial charge in [0.05, 0.1) is 5.25 Å². The van der Waals surface area contributed by atoms with Gasteiger partial charge in [0.15, 0.2) is 0 Å². The average molecular weight is 175 g/mol. The fourth-order valence-corrected chi connectivity index (χ4v) is 2.17. The summed E-state index contributed by atoms with van der Waals surface area (Å²) in [5.41, 5.74) is 0. The molecule has 3 heteroatoms. The van der Waals surface area contributed by atoms with Gasteiger partial charge in [0.25, 0.3) is 0 Å². The van der Waals surface area contributed by atoms with Crippen molar-refractivity contribution in [1.29, 1.82) is 0 Å². The van der Waals surface area contributed by atoms with Gasteiger partial charge in [0.2, 0.25) is 5.91 Å². The third-order valence-corrected chi connectivity index (χ3v) is 2.85. The maximum Gasteiger partial charge on any atom is 0.232 e. The van der Waals surface area contributed by atoms with Crippen molar-refractivity contribution >= 4 is 17.7 Å². The first-order valence-corrected chi connectivity index (χ1v) is 5.22. The van der Waals surface area contributed by atoms with E-state index in [-0.39, 0.29) is 11.2 Å². The molecule has 0 aromatic carbocycles. The highest BCUT2D eigenvalue weighted by atomic mass is 32.2. The number of carbonyl (C=O) groups is 1. The van der Waals surface area contributed by atoms with Crippen LogP contribution in [0.5, 0.6) is 0 Å². The molecule has 1 saturated heterocycles. The van der Waals surface area contributed by atoms with Crippen LogP contribution in [0, 0.1) is 0 Å². The summed E-state index contributed by atoms with van der Waals surface area (Å²) in [6, 6.07) is 0. The van der Waals surface area contributed by atoms with E-state index in [0.717, 1.165) is 12.2 Å². The minimum atomic E-state index is 0.192. The van der Waals surface area contributed by atoms with Crippen LogP contribution < -0.4 is 5.32 Å². The highest BCUT2D eigenvalue weighted by molar-refractivity contribution is 8.00. The average Bonchev–Trinajstić information content (AvgIpc) is 2.59. The van der Waals surface area contributed by atoms with Crippen molar-refractivity contribution in [3.8, 4) is 0 Å². The van der Waals surface area contributed by atoms with Gasteiger partial charge in [-0.3, -0.25) is 4.79 Å². The van der Waals surface area contributed by atoms with Crippen molar-refractivity contribution in [1.82, 2.24) is 5.32 Å². The molecule has 1 unspecified atom stereocenters. The summed E-state index contributed by atoms with van der Waals surface area (Å²) < 4.78 is 0. The zero-order valence-electron chi connectivity index (χ0n) is 7.52. The lowest BCUT2D eigenvalue weighted by Gasteiger charge is -2.03. The maximum atomic E-state index is 10.9. The number of hydrogen-bond donors (Lipinski definition) is 1. The monoisotopic (exact) mass is 175 g/mol. The first-order valence-electron chi connectivity index (χ1n) is 4.18. The molecule has 0 spiro atoms. The fraction of sp³-hybridized carbons (Fsp3) is 0.875. The van der Waals surface area contributed by atoms with Gasteiger partial charge in [0.1, 0.15) is 0 Å². The molecular formula is C8H17NOS. The molecule has 1 heterocycles. The van der Waals surface area contributed by atoms with E-state index in [1.807, 2.05) is 13.8 Å². The van der Waals surface area contributed by atoms with Crippen LogP contribution in [-0.2, 0) is 4.79 Å². The number of hydrogen-bond acceptors (Lipinski definition) is 2. The predicted molar refractivity (Wildman–Crippen MR) is 50.9 cm³/mol. The number of thioether (sulfide) groups is 1. The van der Waals surface area contributed by atoms with Crippen LogP contribution >= 0.6 is 11.8 Å². The summed E-state index contributed by atoms with van der Waals surface area (Å²) in [7, 11) is 1.70. The van der Waals surface area contributed by atoms with E-state index in [2.05, 4.69) is 5.32 Å². The molecule has 1 atom stereocenters. The summed E-state index contributed by atoms with van der Waals surface area (Å²) in [4.78, 5) is 10.9. The molecule has 0 aromatic heterocycles. The molecule has 1 amide bonds. The van der Waals surface area contributed by atoms with E-state index in [4.69, 9.17) is 0 Å². The van der Waals surface area contributed by atoms with Gasteiger partial charge >= 0.3 is 0 Å². The van der Waals surface area contributed by atoms with Crippen LogP contribution in [0.1, 0.15) is 26.7 Å². The van der Waals surface area contributed by atoms with Crippen LogP contribution in [0.25, 0.3) is 0 Å². The molecular weight excluding hydrogens is 158 g/mol. The zero-order valence-corrected chi connectivity index (χ0v) is 8.33. The summed E-state index contributed by atoms with van der Waals surface area (Å²) in [6.07, 6.45) is 2.26. The van der Waals surface area contributed by atoms with E-state index >= 15 is 0 Å². The summed E-state index contributed by atoms with van der Waals surface area (Å²) in [5.74, 6) is 1.34. The Kier molecular flexibility index (Phi) is 6.42. The predicted octanol–water partition coefficient (Wildman–Crippen LogP) is 1.65. The number of amides is 1. The lowest BCUT2D eigenvalue weighted by Crippen LogP contribution is -2.27. The summed E-state index contributed by atoms with van der Waals surface area (Å²) in [6.45, 7) is 4.00. The lowest BCUT2D eigenvalue weighted by atomic mass is 10.2. The van der Waals surface area contributed by atoms with Gasteiger partial charge in [-0.2, -0.15) is 0 Å². The van der Waals surface area contributed by atoms with E-state index in [1.165, 1.54) is 6.42 Å². The Bertz CT molecular complexity index is 111.